The highest BCUT2D eigenvalue weighted by molar-refractivity contribution is 5.70. The summed E-state index contributed by atoms with van der Waals surface area (Å²) in [6, 6.07) is 0. The van der Waals surface area contributed by atoms with Crippen molar-refractivity contribution in [3.05, 3.63) is 219 Å². The van der Waals surface area contributed by atoms with Crippen molar-refractivity contribution in [2.45, 2.75) is 251 Å². The van der Waals surface area contributed by atoms with E-state index in [1.165, 1.54) is 51.4 Å². The lowest BCUT2D eigenvalue weighted by Crippen LogP contribution is -2.28. The molecule has 0 aliphatic heterocycles. The maximum Gasteiger partial charge on any atom is 0.306 e. The Morgan fingerprint density at radius 1 is 0.274 bits per heavy atom. The molecule has 0 heterocycles. The molecule has 0 amide bonds. The van der Waals surface area contributed by atoms with Crippen molar-refractivity contribution in [1.29, 1.82) is 0 Å². The number of ether oxygens (including phenoxy) is 2. The van der Waals surface area contributed by atoms with Crippen molar-refractivity contribution in [1.82, 2.24) is 0 Å². The van der Waals surface area contributed by atoms with Crippen molar-refractivity contribution in [3.63, 3.8) is 0 Å². The van der Waals surface area contributed by atoms with Gasteiger partial charge in [-0.3, -0.25) is 9.59 Å². The molecule has 84 heavy (non-hydrogen) atoms. The molecule has 0 rings (SSSR count). The van der Waals surface area contributed by atoms with Crippen molar-refractivity contribution >= 4 is 11.9 Å². The van der Waals surface area contributed by atoms with E-state index in [0.29, 0.717) is 12.8 Å². The first-order valence-electron chi connectivity index (χ1n) is 33.3. The fraction of sp³-hybridized carbons (Fsp3) is 0.519. The minimum Gasteiger partial charge on any atom is -0.462 e. The van der Waals surface area contributed by atoms with Gasteiger partial charge in [0, 0.05) is 12.8 Å². The van der Waals surface area contributed by atoms with E-state index in [2.05, 4.69) is 233 Å². The molecule has 0 saturated carbocycles. The molecule has 0 aromatic carbocycles. The number of allylic oxidation sites excluding steroid dienone is 36. The summed E-state index contributed by atoms with van der Waals surface area (Å²) in [6.45, 7) is 3.88. The second-order valence-corrected chi connectivity index (χ2v) is 21.1. The highest BCUT2D eigenvalue weighted by Crippen LogP contribution is 2.14. The zero-order valence-electron chi connectivity index (χ0n) is 53.3. The number of esters is 2. The Balaban J connectivity index is 3.65. The van der Waals surface area contributed by atoms with Crippen LogP contribution in [0, 0.1) is 0 Å². The van der Waals surface area contributed by atoms with Crippen LogP contribution in [0.4, 0.5) is 0 Å². The monoisotopic (exact) mass is 1150 g/mol. The fourth-order valence-electron chi connectivity index (χ4n) is 8.36. The van der Waals surface area contributed by atoms with Gasteiger partial charge in [-0.05, 0) is 154 Å². The number of hydrogen-bond acceptors (Lipinski definition) is 5. The predicted molar refractivity (Wildman–Crippen MR) is 370 cm³/mol. The number of carbonyl (C=O) groups excluding carboxylic acids is 2. The summed E-state index contributed by atoms with van der Waals surface area (Å²) in [6.07, 6.45) is 116. The number of unbranched alkanes of at least 4 members (excludes halogenated alkanes) is 14. The van der Waals surface area contributed by atoms with Gasteiger partial charge in [0.05, 0.1) is 6.61 Å². The maximum absolute atomic E-state index is 12.4. The van der Waals surface area contributed by atoms with E-state index in [1.54, 1.807) is 0 Å². The molecule has 0 radical (unpaired) electrons. The Morgan fingerprint density at radius 2 is 0.476 bits per heavy atom. The number of aliphatic hydroxyl groups excluding tert-OH is 1. The van der Waals surface area contributed by atoms with Crippen molar-refractivity contribution in [2.24, 2.45) is 0 Å². The average molecular weight is 1150 g/mol. The quantitative estimate of drug-likeness (QED) is 0.0373. The smallest absolute Gasteiger partial charge is 0.306 e. The summed E-state index contributed by atoms with van der Waals surface area (Å²) in [5, 5.41) is 9.69. The summed E-state index contributed by atoms with van der Waals surface area (Å²) in [4.78, 5) is 24.6. The van der Waals surface area contributed by atoms with Gasteiger partial charge in [0.25, 0.3) is 0 Å². The Hall–Kier alpha value is -5.78. The fourth-order valence-corrected chi connectivity index (χ4v) is 8.36. The van der Waals surface area contributed by atoms with Gasteiger partial charge in [-0.15, -0.1) is 0 Å². The summed E-state index contributed by atoms with van der Waals surface area (Å²) >= 11 is 0. The van der Waals surface area contributed by atoms with Gasteiger partial charge in [-0.2, -0.15) is 0 Å². The second kappa shape index (κ2) is 71.5. The molecule has 0 bridgehead atoms. The zero-order valence-corrected chi connectivity index (χ0v) is 53.3. The van der Waals surface area contributed by atoms with Gasteiger partial charge in [0.15, 0.2) is 6.10 Å². The molecular weight excluding hydrogens is 1030 g/mol. The standard InChI is InChI=1S/C79H120O5/c1-3-5-7-9-11-13-15-17-19-21-23-25-27-29-31-33-35-36-37-38-39-40-41-42-44-46-48-50-52-54-56-58-60-62-64-66-68-70-72-74-79(82)84-77(75-80)76-83-78(81)73-71-69-67-65-63-61-59-57-55-53-51-49-47-45-43-34-32-30-28-26-24-22-20-18-16-14-12-10-8-6-4-2/h5-8,11-14,17-20,23-26,29-32,35-36,38-39,41-43,45-46,48-49,51-52,54-55,57,77,80H,3-4,9-10,15-16,21-22,27-28,33-34,37,40,44,47,50,53,56,58-76H2,1-2H3/b7-5-,8-6-,13-11-,14-12-,19-17-,20-18-,25-23-,26-24-,31-29-,32-30-,36-35-,39-38-,42-41-,45-43-,48-46-,51-49-,54-52-,57-55-. The van der Waals surface area contributed by atoms with Crippen LogP contribution in [0.5, 0.6) is 0 Å². The van der Waals surface area contributed by atoms with Crippen LogP contribution in [0.1, 0.15) is 245 Å². The summed E-state index contributed by atoms with van der Waals surface area (Å²) in [5.74, 6) is -0.633. The number of hydrogen-bond donors (Lipinski definition) is 1. The molecule has 5 nitrogen and oxygen atoms in total. The van der Waals surface area contributed by atoms with Crippen LogP contribution in [-0.2, 0) is 19.1 Å². The summed E-state index contributed by atoms with van der Waals surface area (Å²) in [7, 11) is 0. The van der Waals surface area contributed by atoms with Gasteiger partial charge >= 0.3 is 11.9 Å². The van der Waals surface area contributed by atoms with Crippen LogP contribution in [0.3, 0.4) is 0 Å². The van der Waals surface area contributed by atoms with E-state index >= 15 is 0 Å². The molecule has 0 fully saturated rings. The molecule has 466 valence electrons. The second-order valence-electron chi connectivity index (χ2n) is 21.1. The third-order valence-electron chi connectivity index (χ3n) is 13.3. The van der Waals surface area contributed by atoms with E-state index < -0.39 is 6.10 Å². The van der Waals surface area contributed by atoms with Crippen molar-refractivity contribution in [2.75, 3.05) is 13.2 Å². The van der Waals surface area contributed by atoms with Gasteiger partial charge in [-0.1, -0.05) is 297 Å². The summed E-state index contributed by atoms with van der Waals surface area (Å²) in [5.41, 5.74) is 0. The van der Waals surface area contributed by atoms with Crippen molar-refractivity contribution < 1.29 is 24.2 Å². The normalized spacial score (nSPS) is 13.7. The van der Waals surface area contributed by atoms with Crippen LogP contribution in [0.15, 0.2) is 219 Å². The molecule has 0 aliphatic rings. The molecule has 0 spiro atoms. The van der Waals surface area contributed by atoms with E-state index in [0.717, 1.165) is 167 Å². The Morgan fingerprint density at radius 3 is 0.714 bits per heavy atom. The molecule has 0 aromatic rings. The first-order valence-corrected chi connectivity index (χ1v) is 33.3. The third-order valence-corrected chi connectivity index (χ3v) is 13.3. The lowest BCUT2D eigenvalue weighted by atomic mass is 10.1. The van der Waals surface area contributed by atoms with Crippen LogP contribution in [0.25, 0.3) is 0 Å². The van der Waals surface area contributed by atoms with Crippen LogP contribution < -0.4 is 0 Å². The predicted octanol–water partition coefficient (Wildman–Crippen LogP) is 23.5. The highest BCUT2D eigenvalue weighted by Gasteiger charge is 2.16. The van der Waals surface area contributed by atoms with E-state index in [4.69, 9.17) is 9.47 Å². The Labute approximate surface area is 516 Å². The number of aliphatic hydroxyl groups is 1. The largest absolute Gasteiger partial charge is 0.462 e. The van der Waals surface area contributed by atoms with Crippen LogP contribution in [-0.4, -0.2) is 36.4 Å². The van der Waals surface area contributed by atoms with Gasteiger partial charge in [0.1, 0.15) is 6.61 Å². The molecule has 5 heteroatoms. The van der Waals surface area contributed by atoms with Gasteiger partial charge in [-0.25, -0.2) is 0 Å². The number of carbonyl (C=O) groups is 2. The lowest BCUT2D eigenvalue weighted by molar-refractivity contribution is -0.161. The van der Waals surface area contributed by atoms with E-state index in [-0.39, 0.29) is 25.2 Å². The third kappa shape index (κ3) is 68.7. The Kier molecular flexibility index (Phi) is 66.6. The minimum atomic E-state index is -0.802. The lowest BCUT2D eigenvalue weighted by Gasteiger charge is -2.15. The topological polar surface area (TPSA) is 72.8 Å². The molecule has 0 aromatic heterocycles. The SMILES string of the molecule is CC/C=C\C/C=C\C/C=C\C/C=C\C/C=C\C/C=C\C/C=C\C/C=C\C/C=C\C/C=C\CCCCCCCCCCC(=O)OC(CO)COC(=O)CCCCCCCC/C=C\C/C=C\C/C=C\C/C=C\C/C=C\C/C=C\C/C=C\C/C=C\CC. The first kappa shape index (κ1) is 78.2. The zero-order chi connectivity index (χ0) is 60.5. The van der Waals surface area contributed by atoms with Gasteiger partial charge in [0.2, 0.25) is 0 Å². The van der Waals surface area contributed by atoms with Gasteiger partial charge < -0.3 is 14.6 Å². The van der Waals surface area contributed by atoms with Crippen molar-refractivity contribution in [3.8, 4) is 0 Å². The molecule has 1 atom stereocenters. The van der Waals surface area contributed by atoms with E-state index in [1.807, 2.05) is 0 Å². The average Bonchev–Trinajstić information content (AvgIpc) is 3.51. The molecular formula is C79H120O5. The maximum atomic E-state index is 12.4. The van der Waals surface area contributed by atoms with Crippen LogP contribution >= 0.6 is 0 Å². The number of rotatable bonds is 58. The molecule has 1 unspecified atom stereocenters. The molecule has 0 aliphatic carbocycles. The Bertz CT molecular complexity index is 2030. The minimum absolute atomic E-state index is 0.0920. The highest BCUT2D eigenvalue weighted by atomic mass is 16.6. The molecule has 0 saturated heterocycles. The first-order chi connectivity index (χ1) is 41.6. The van der Waals surface area contributed by atoms with E-state index in [9.17, 15) is 14.7 Å². The summed E-state index contributed by atoms with van der Waals surface area (Å²) < 4.78 is 10.7. The molecule has 1 N–H and O–H groups in total. The van der Waals surface area contributed by atoms with Crippen LogP contribution in [0.2, 0.25) is 0 Å².